The molecule has 0 N–H and O–H groups in total. The predicted octanol–water partition coefficient (Wildman–Crippen LogP) is 12.7. The number of phosphoric acid groups is 1. The van der Waals surface area contributed by atoms with E-state index >= 15 is 0 Å². The lowest BCUT2D eigenvalue weighted by Crippen LogP contribution is -2.37. The number of carbonyl (C=O) groups is 2. The van der Waals surface area contributed by atoms with Gasteiger partial charge >= 0.3 is 11.9 Å². The molecule has 2 atom stereocenters. The molecule has 10 heteroatoms. The van der Waals surface area contributed by atoms with E-state index in [-0.39, 0.29) is 26.1 Å². The summed E-state index contributed by atoms with van der Waals surface area (Å²) in [4.78, 5) is 37.6. The van der Waals surface area contributed by atoms with E-state index in [2.05, 4.69) is 74.6 Å². The zero-order valence-corrected chi connectivity index (χ0v) is 39.3. The van der Waals surface area contributed by atoms with Crippen molar-refractivity contribution in [2.75, 3.05) is 47.5 Å². The smallest absolute Gasteiger partial charge is 0.306 e. The molecule has 0 heterocycles. The Morgan fingerprint density at radius 2 is 0.983 bits per heavy atom. The summed E-state index contributed by atoms with van der Waals surface area (Å²) in [6, 6.07) is 0. The second kappa shape index (κ2) is 41.3. The average Bonchev–Trinajstić information content (AvgIpc) is 3.20. The fourth-order valence-electron chi connectivity index (χ4n) is 5.65. The summed E-state index contributed by atoms with van der Waals surface area (Å²) < 4.78 is 33.9. The summed E-state index contributed by atoms with van der Waals surface area (Å²) in [5, 5.41) is 0. The van der Waals surface area contributed by atoms with Crippen LogP contribution >= 0.6 is 7.82 Å². The topological polar surface area (TPSA) is 111 Å². The van der Waals surface area contributed by atoms with Crippen molar-refractivity contribution >= 4 is 19.8 Å². The van der Waals surface area contributed by atoms with Crippen LogP contribution in [0.2, 0.25) is 0 Å². The lowest BCUT2D eigenvalue weighted by Gasteiger charge is -2.28. The monoisotopic (exact) mass is 858 g/mol. The number of esters is 2. The molecule has 0 aromatic carbocycles. The Labute approximate surface area is 366 Å². The lowest BCUT2D eigenvalue weighted by atomic mass is 10.1. The van der Waals surface area contributed by atoms with Gasteiger partial charge in [0, 0.05) is 12.8 Å². The van der Waals surface area contributed by atoms with Crippen LogP contribution in [0.15, 0.2) is 97.2 Å². The normalized spacial score (nSPS) is 14.4. The number of ether oxygens (including phenoxy) is 2. The molecule has 0 aliphatic carbocycles. The van der Waals surface area contributed by atoms with Crippen molar-refractivity contribution in [3.05, 3.63) is 97.2 Å². The zero-order valence-electron chi connectivity index (χ0n) is 38.4. The summed E-state index contributed by atoms with van der Waals surface area (Å²) >= 11 is 0. The number of nitrogens with zero attached hydrogens (tertiary/aromatic N) is 1. The van der Waals surface area contributed by atoms with Gasteiger partial charge in [0.2, 0.25) is 0 Å². The third-order valence-corrected chi connectivity index (χ3v) is 10.2. The minimum Gasteiger partial charge on any atom is -0.756 e. The van der Waals surface area contributed by atoms with E-state index in [1.54, 1.807) is 0 Å². The highest BCUT2D eigenvalue weighted by molar-refractivity contribution is 7.45. The number of carbonyl (C=O) groups excluding carboxylic acids is 2. The Kier molecular flexibility index (Phi) is 39.2. The summed E-state index contributed by atoms with van der Waals surface area (Å²) in [6.45, 7) is 3.90. The first kappa shape index (κ1) is 56.9. The molecule has 0 spiro atoms. The van der Waals surface area contributed by atoms with Crippen LogP contribution in [0, 0.1) is 0 Å². The number of quaternary nitrogens is 1. The van der Waals surface area contributed by atoms with Gasteiger partial charge in [-0.3, -0.25) is 14.2 Å². The molecule has 0 aliphatic rings. The van der Waals surface area contributed by atoms with Crippen molar-refractivity contribution in [2.24, 2.45) is 0 Å². The number of hydrogen-bond donors (Lipinski definition) is 0. The van der Waals surface area contributed by atoms with E-state index in [1.165, 1.54) is 38.5 Å². The molecule has 60 heavy (non-hydrogen) atoms. The molecule has 0 aromatic rings. The molecule has 0 aliphatic heterocycles. The lowest BCUT2D eigenvalue weighted by molar-refractivity contribution is -0.870. The van der Waals surface area contributed by atoms with Crippen molar-refractivity contribution in [1.82, 2.24) is 0 Å². The van der Waals surface area contributed by atoms with Gasteiger partial charge in [0.15, 0.2) is 6.10 Å². The molecule has 0 rings (SSSR count). The summed E-state index contributed by atoms with van der Waals surface area (Å²) in [6.07, 6.45) is 54.4. The molecule has 9 nitrogen and oxygen atoms in total. The maximum absolute atomic E-state index is 12.7. The average molecular weight is 858 g/mol. The van der Waals surface area contributed by atoms with Gasteiger partial charge in [-0.15, -0.1) is 0 Å². The van der Waals surface area contributed by atoms with Gasteiger partial charge in [-0.25, -0.2) is 0 Å². The summed E-state index contributed by atoms with van der Waals surface area (Å²) in [5.41, 5.74) is 0. The highest BCUT2D eigenvalue weighted by atomic mass is 31.2. The van der Waals surface area contributed by atoms with Gasteiger partial charge in [-0.1, -0.05) is 169 Å². The predicted molar refractivity (Wildman–Crippen MR) is 249 cm³/mol. The second-order valence-corrected chi connectivity index (χ2v) is 17.5. The zero-order chi connectivity index (χ0) is 44.3. The molecule has 0 saturated heterocycles. The van der Waals surface area contributed by atoms with Gasteiger partial charge in [0.1, 0.15) is 19.8 Å². The number of hydrogen-bond acceptors (Lipinski definition) is 8. The van der Waals surface area contributed by atoms with E-state index in [0.29, 0.717) is 23.9 Å². The third-order valence-electron chi connectivity index (χ3n) is 9.19. The van der Waals surface area contributed by atoms with Crippen molar-refractivity contribution in [1.29, 1.82) is 0 Å². The van der Waals surface area contributed by atoms with Crippen LogP contribution in [-0.2, 0) is 32.7 Å². The minimum atomic E-state index is -4.64. The van der Waals surface area contributed by atoms with Crippen LogP contribution in [0.25, 0.3) is 0 Å². The van der Waals surface area contributed by atoms with Crippen molar-refractivity contribution in [2.45, 2.75) is 161 Å². The quantitative estimate of drug-likeness (QED) is 0.0150. The van der Waals surface area contributed by atoms with E-state index in [9.17, 15) is 19.0 Å². The first-order valence-corrected chi connectivity index (χ1v) is 24.5. The Hall–Kier alpha value is -3.07. The standard InChI is InChI=1S/C50H84NO8P/c1-6-8-10-12-14-16-18-20-21-22-23-24-25-26-27-28-29-31-32-34-36-38-40-42-49(52)56-46-48(47-58-60(54,55)57-45-44-51(3,4)5)59-50(53)43-41-39-37-35-33-30-19-17-15-13-11-9-7-2/h8-11,13-17,19-21,23-24,30,33,48H,6-7,12,18,22,25-29,31-32,34-47H2,1-5H3/b10-8+,11-9+,15-13+,16-14+,19-17+,21-20+,24-23+,33-30+. The fraction of sp³-hybridized carbons (Fsp3) is 0.640. The molecule has 0 radical (unpaired) electrons. The number of rotatable bonds is 40. The molecule has 342 valence electrons. The summed E-state index contributed by atoms with van der Waals surface area (Å²) in [5.74, 6) is -0.895. The molecule has 0 amide bonds. The van der Waals surface area contributed by atoms with Gasteiger partial charge in [-0.05, 0) is 70.6 Å². The Bertz CT molecular complexity index is 1340. The highest BCUT2D eigenvalue weighted by Gasteiger charge is 2.21. The molecule has 2 unspecified atom stereocenters. The van der Waals surface area contributed by atoms with Crippen molar-refractivity contribution in [3.8, 4) is 0 Å². The van der Waals surface area contributed by atoms with Crippen molar-refractivity contribution in [3.63, 3.8) is 0 Å². The van der Waals surface area contributed by atoms with E-state index in [1.807, 2.05) is 57.6 Å². The third kappa shape index (κ3) is 44.5. The molecule has 0 fully saturated rings. The molecule has 0 aromatic heterocycles. The van der Waals surface area contributed by atoms with Crippen LogP contribution in [0.4, 0.5) is 0 Å². The van der Waals surface area contributed by atoms with Crippen molar-refractivity contribution < 1.29 is 42.1 Å². The van der Waals surface area contributed by atoms with Gasteiger partial charge in [0.25, 0.3) is 7.82 Å². The molecular weight excluding hydrogens is 774 g/mol. The maximum atomic E-state index is 12.7. The number of phosphoric ester groups is 1. The van der Waals surface area contributed by atoms with Crippen LogP contribution in [0.3, 0.4) is 0 Å². The Morgan fingerprint density at radius 1 is 0.533 bits per heavy atom. The Morgan fingerprint density at radius 3 is 1.55 bits per heavy atom. The SMILES string of the molecule is CC/C=C/C=C/C=C/C=C/CCCCCC(=O)OC(COC(=O)CCCCCCCCCCCC/C=C/C/C=C/C/C=C/C/C=C/CC)COP(=O)([O-])OCC[N+](C)(C)C. The highest BCUT2D eigenvalue weighted by Crippen LogP contribution is 2.38. The molecule has 0 saturated carbocycles. The van der Waals surface area contributed by atoms with Crippen LogP contribution in [0.1, 0.15) is 155 Å². The van der Waals surface area contributed by atoms with Gasteiger partial charge in [-0.2, -0.15) is 0 Å². The first-order chi connectivity index (χ1) is 29.0. The second-order valence-electron chi connectivity index (χ2n) is 16.1. The van der Waals surface area contributed by atoms with E-state index in [0.717, 1.165) is 77.0 Å². The van der Waals surface area contributed by atoms with Gasteiger partial charge in [0.05, 0.1) is 27.7 Å². The molecule has 0 bridgehead atoms. The van der Waals surface area contributed by atoms with E-state index < -0.39 is 32.5 Å². The number of allylic oxidation sites excluding steroid dienone is 16. The minimum absolute atomic E-state index is 0.0450. The van der Waals surface area contributed by atoms with Crippen LogP contribution in [0.5, 0.6) is 0 Å². The van der Waals surface area contributed by atoms with Gasteiger partial charge < -0.3 is 27.9 Å². The molecular formula is C50H84NO8P. The Balaban J connectivity index is 4.31. The number of unbranched alkanes of at least 4 members (excludes halogenated alkanes) is 13. The fourth-order valence-corrected chi connectivity index (χ4v) is 6.38. The largest absolute Gasteiger partial charge is 0.756 e. The van der Waals surface area contributed by atoms with E-state index in [4.69, 9.17) is 18.5 Å². The first-order valence-electron chi connectivity index (χ1n) is 23.0. The summed E-state index contributed by atoms with van der Waals surface area (Å²) in [7, 11) is 1.12. The maximum Gasteiger partial charge on any atom is 0.306 e. The number of likely N-dealkylation sites (N-methyl/N-ethyl adjacent to an activating group) is 1. The van der Waals surface area contributed by atoms with Crippen LogP contribution in [-0.4, -0.2) is 70.0 Å². The van der Waals surface area contributed by atoms with Crippen LogP contribution < -0.4 is 4.89 Å².